The molecule has 9 heteroatoms. The maximum absolute atomic E-state index is 11.9. The van der Waals surface area contributed by atoms with Crippen molar-refractivity contribution in [2.45, 2.75) is 73.4 Å². The topological polar surface area (TPSA) is 99.5 Å². The molecule has 40 heavy (non-hydrogen) atoms. The molecular weight excluding hydrogens is 500 g/mol. The Morgan fingerprint density at radius 1 is 1.10 bits per heavy atom. The molecule has 2 aromatic heterocycles. The van der Waals surface area contributed by atoms with E-state index < -0.39 is 0 Å². The predicted octanol–water partition coefficient (Wildman–Crippen LogP) is 6.80. The molecule has 0 bridgehead atoms. The van der Waals surface area contributed by atoms with Gasteiger partial charge in [-0.05, 0) is 61.9 Å². The van der Waals surface area contributed by atoms with E-state index in [1.54, 1.807) is 0 Å². The maximum Gasteiger partial charge on any atom is 0.220 e. The van der Waals surface area contributed by atoms with Crippen molar-refractivity contribution >= 4 is 39.8 Å². The zero-order chi connectivity index (χ0) is 28.6. The SMILES string of the molecule is CC.CCCN1c2ccccc2NC1c1ccc2c(c1)nc(NCCCCNC(=O)CC(C)C)c1nnc(C)n12.[HH].[HH]. The molecule has 218 valence electrons. The quantitative estimate of drug-likeness (QED) is 0.177. The van der Waals surface area contributed by atoms with Gasteiger partial charge in [0.15, 0.2) is 5.82 Å². The van der Waals surface area contributed by atoms with Crippen LogP contribution in [0.5, 0.6) is 0 Å². The van der Waals surface area contributed by atoms with Gasteiger partial charge in [0.05, 0.1) is 22.4 Å². The lowest BCUT2D eigenvalue weighted by atomic mass is 10.1. The van der Waals surface area contributed by atoms with Crippen molar-refractivity contribution in [1.29, 1.82) is 0 Å². The fraction of sp³-hybridized carbons (Fsp3) is 0.484. The standard InChI is InChI=1S/C29H38N8O.C2H6.2H2/c1-5-16-36-24-11-7-6-10-22(24)33-28(36)21-12-13-25-23(18-21)32-27(29-35-34-20(4)37(25)29)31-15-9-8-14-30-26(38)17-19(2)3;1-2;;/h6-7,10-13,18-19,28,33H,5,8-9,14-17H2,1-4H3,(H,30,38)(H,31,32);1-2H3;2*1H. The van der Waals surface area contributed by atoms with Gasteiger partial charge in [0, 0.05) is 28.9 Å². The fourth-order valence-electron chi connectivity index (χ4n) is 5.17. The summed E-state index contributed by atoms with van der Waals surface area (Å²) in [4.78, 5) is 19.3. The number of rotatable bonds is 11. The molecule has 2 aromatic carbocycles. The lowest BCUT2D eigenvalue weighted by Gasteiger charge is -2.27. The summed E-state index contributed by atoms with van der Waals surface area (Å²) in [5, 5.41) is 18.9. The van der Waals surface area contributed by atoms with Gasteiger partial charge in [-0.1, -0.05) is 52.8 Å². The normalized spacial score (nSPS) is 14.2. The monoisotopic (exact) mass is 548 g/mol. The zero-order valence-corrected chi connectivity index (χ0v) is 24.8. The van der Waals surface area contributed by atoms with Crippen LogP contribution in [0.4, 0.5) is 17.2 Å². The smallest absolute Gasteiger partial charge is 0.220 e. The van der Waals surface area contributed by atoms with E-state index in [-0.39, 0.29) is 14.9 Å². The Kier molecular flexibility index (Phi) is 9.79. The number of hydrogen-bond donors (Lipinski definition) is 3. The number of aromatic nitrogens is 4. The number of anilines is 3. The summed E-state index contributed by atoms with van der Waals surface area (Å²) in [6.45, 7) is 14.7. The van der Waals surface area contributed by atoms with Crippen LogP contribution in [0, 0.1) is 12.8 Å². The van der Waals surface area contributed by atoms with Crippen LogP contribution in [0.1, 0.15) is 80.7 Å². The second-order valence-corrected chi connectivity index (χ2v) is 10.5. The van der Waals surface area contributed by atoms with Crippen LogP contribution < -0.4 is 20.9 Å². The first-order chi connectivity index (χ1) is 19.5. The average Bonchev–Trinajstić information content (AvgIpc) is 3.52. The van der Waals surface area contributed by atoms with Crippen molar-refractivity contribution in [2.24, 2.45) is 5.92 Å². The summed E-state index contributed by atoms with van der Waals surface area (Å²) < 4.78 is 2.07. The number of benzene rings is 2. The van der Waals surface area contributed by atoms with Crippen molar-refractivity contribution in [3.05, 3.63) is 53.9 Å². The molecule has 1 aliphatic rings. The van der Waals surface area contributed by atoms with E-state index in [0.717, 1.165) is 66.4 Å². The van der Waals surface area contributed by atoms with E-state index in [4.69, 9.17) is 4.98 Å². The van der Waals surface area contributed by atoms with Crippen LogP contribution in [0.2, 0.25) is 0 Å². The number of hydrogen-bond acceptors (Lipinski definition) is 7. The summed E-state index contributed by atoms with van der Waals surface area (Å²) in [5.41, 5.74) is 6.18. The van der Waals surface area contributed by atoms with Crippen LogP contribution in [0.15, 0.2) is 42.5 Å². The molecule has 1 unspecified atom stereocenters. The van der Waals surface area contributed by atoms with Crippen molar-refractivity contribution in [1.82, 2.24) is 24.9 Å². The molecule has 0 spiro atoms. The van der Waals surface area contributed by atoms with E-state index in [0.29, 0.717) is 18.9 Å². The molecule has 3 heterocycles. The van der Waals surface area contributed by atoms with Crippen LogP contribution in [0.3, 0.4) is 0 Å². The minimum atomic E-state index is 0. The van der Waals surface area contributed by atoms with E-state index in [2.05, 4.69) is 98.7 Å². The van der Waals surface area contributed by atoms with E-state index >= 15 is 0 Å². The molecule has 0 saturated heterocycles. The van der Waals surface area contributed by atoms with E-state index in [1.807, 2.05) is 20.8 Å². The number of fused-ring (bicyclic) bond motifs is 4. The van der Waals surface area contributed by atoms with Gasteiger partial charge in [-0.3, -0.25) is 9.20 Å². The number of nitrogens with zero attached hydrogens (tertiary/aromatic N) is 5. The van der Waals surface area contributed by atoms with E-state index in [1.165, 1.54) is 11.3 Å². The van der Waals surface area contributed by atoms with Crippen LogP contribution >= 0.6 is 0 Å². The van der Waals surface area contributed by atoms with Gasteiger partial charge < -0.3 is 20.9 Å². The average molecular weight is 549 g/mol. The summed E-state index contributed by atoms with van der Waals surface area (Å²) in [6.07, 6.45) is 3.51. The van der Waals surface area contributed by atoms with Crippen LogP contribution in [-0.2, 0) is 4.79 Å². The zero-order valence-electron chi connectivity index (χ0n) is 24.8. The van der Waals surface area contributed by atoms with Gasteiger partial charge in [0.2, 0.25) is 11.6 Å². The number of carbonyl (C=O) groups excluding carboxylic acids is 1. The Balaban J connectivity index is 0.00000151. The number of aryl methyl sites for hydroxylation is 1. The van der Waals surface area contributed by atoms with Crippen LogP contribution in [-0.4, -0.2) is 45.1 Å². The second kappa shape index (κ2) is 13.5. The highest BCUT2D eigenvalue weighted by atomic mass is 16.1. The third-order valence-corrected chi connectivity index (χ3v) is 6.92. The van der Waals surface area contributed by atoms with Crippen molar-refractivity contribution in [3.8, 4) is 0 Å². The largest absolute Gasteiger partial charge is 0.367 e. The summed E-state index contributed by atoms with van der Waals surface area (Å²) >= 11 is 0. The lowest BCUT2D eigenvalue weighted by molar-refractivity contribution is -0.121. The number of unbranched alkanes of at least 4 members (excludes halogenated alkanes) is 1. The Hall–Kier alpha value is -3.88. The maximum atomic E-state index is 11.9. The third-order valence-electron chi connectivity index (χ3n) is 6.92. The number of para-hydroxylation sites is 2. The van der Waals surface area contributed by atoms with Gasteiger partial charge in [-0.15, -0.1) is 10.2 Å². The Bertz CT molecular complexity index is 1440. The Morgan fingerprint density at radius 2 is 1.88 bits per heavy atom. The van der Waals surface area contributed by atoms with Gasteiger partial charge in [0.25, 0.3) is 0 Å². The molecule has 9 nitrogen and oxygen atoms in total. The first-order valence-corrected chi connectivity index (χ1v) is 14.7. The van der Waals surface area contributed by atoms with Crippen molar-refractivity contribution in [3.63, 3.8) is 0 Å². The molecule has 0 saturated carbocycles. The number of carbonyl (C=O) groups is 1. The number of amides is 1. The molecule has 1 atom stereocenters. The predicted molar refractivity (Wildman–Crippen MR) is 169 cm³/mol. The van der Waals surface area contributed by atoms with Gasteiger partial charge in [0.1, 0.15) is 12.0 Å². The van der Waals surface area contributed by atoms with Crippen LogP contribution in [0.25, 0.3) is 16.7 Å². The Morgan fingerprint density at radius 3 is 2.65 bits per heavy atom. The fourth-order valence-corrected chi connectivity index (χ4v) is 5.17. The summed E-state index contributed by atoms with van der Waals surface area (Å²) in [6, 6.07) is 15.0. The highest BCUT2D eigenvalue weighted by Crippen LogP contribution is 2.41. The highest BCUT2D eigenvalue weighted by Gasteiger charge is 2.29. The van der Waals surface area contributed by atoms with Crippen molar-refractivity contribution < 1.29 is 7.65 Å². The highest BCUT2D eigenvalue weighted by molar-refractivity contribution is 5.84. The van der Waals surface area contributed by atoms with Gasteiger partial charge in [-0.2, -0.15) is 0 Å². The lowest BCUT2D eigenvalue weighted by Crippen LogP contribution is -2.28. The second-order valence-electron chi connectivity index (χ2n) is 10.5. The van der Waals surface area contributed by atoms with Gasteiger partial charge in [-0.25, -0.2) is 4.98 Å². The van der Waals surface area contributed by atoms with Crippen molar-refractivity contribution in [2.75, 3.05) is 35.2 Å². The molecule has 0 fully saturated rings. The summed E-state index contributed by atoms with van der Waals surface area (Å²) in [5.74, 6) is 2.06. The number of nitrogens with one attached hydrogen (secondary N) is 3. The molecule has 0 aliphatic carbocycles. The Labute approximate surface area is 240 Å². The molecule has 3 N–H and O–H groups in total. The molecule has 5 rings (SSSR count). The first-order valence-electron chi connectivity index (χ1n) is 14.7. The first kappa shape index (κ1) is 29.1. The van der Waals surface area contributed by atoms with Gasteiger partial charge >= 0.3 is 0 Å². The minimum Gasteiger partial charge on any atom is -0.367 e. The molecule has 1 amide bonds. The molecular formula is C31H48N8O. The van der Waals surface area contributed by atoms with E-state index in [9.17, 15) is 4.79 Å². The third kappa shape index (κ3) is 6.29. The minimum absolute atomic E-state index is 0. The molecule has 4 aromatic rings. The molecule has 1 aliphatic heterocycles. The summed E-state index contributed by atoms with van der Waals surface area (Å²) in [7, 11) is 0. The molecule has 0 radical (unpaired) electrons.